The first-order valence-corrected chi connectivity index (χ1v) is 15.7. The molecule has 3 aromatic rings. The van der Waals surface area contributed by atoms with Gasteiger partial charge in [-0.3, -0.25) is 0 Å². The topological polar surface area (TPSA) is 168 Å². The maximum absolute atomic E-state index is 12.5. The Bertz CT molecular complexity index is 1590. The van der Waals surface area contributed by atoms with Gasteiger partial charge in [-0.25, -0.2) is 21.8 Å². The predicted octanol–water partition coefficient (Wildman–Crippen LogP) is 2.46. The summed E-state index contributed by atoms with van der Waals surface area (Å²) in [6.07, 6.45) is 4.39. The van der Waals surface area contributed by atoms with E-state index in [1.165, 1.54) is 6.07 Å². The summed E-state index contributed by atoms with van der Waals surface area (Å²) >= 11 is 0. The number of sulfone groups is 2. The molecule has 2 aliphatic rings. The van der Waals surface area contributed by atoms with E-state index in [4.69, 9.17) is 9.26 Å². The first-order valence-electron chi connectivity index (χ1n) is 11.9. The van der Waals surface area contributed by atoms with Crippen LogP contribution in [0.5, 0.6) is 0 Å². The first kappa shape index (κ1) is 26.1. The minimum Gasteiger partial charge on any atom is -0.378 e. The monoisotopic (exact) mass is 558 g/mol. The van der Waals surface area contributed by atoms with E-state index >= 15 is 0 Å². The highest BCUT2D eigenvalue weighted by molar-refractivity contribution is 7.91. The molecule has 0 unspecified atom stereocenters. The third-order valence-electron chi connectivity index (χ3n) is 6.71. The average molecular weight is 559 g/mol. The molecule has 0 spiro atoms. The van der Waals surface area contributed by atoms with Gasteiger partial charge in [0.25, 0.3) is 5.09 Å². The van der Waals surface area contributed by atoms with Gasteiger partial charge in [0.15, 0.2) is 9.84 Å². The molecule has 2 aromatic heterocycles. The summed E-state index contributed by atoms with van der Waals surface area (Å²) in [6.45, 7) is 1.99. The Morgan fingerprint density at radius 1 is 1.05 bits per heavy atom. The summed E-state index contributed by atoms with van der Waals surface area (Å²) in [5.74, 6) is 0.561. The highest BCUT2D eigenvalue weighted by atomic mass is 32.2. The fourth-order valence-electron chi connectivity index (χ4n) is 4.57. The first-order chi connectivity index (χ1) is 18.0. The van der Waals surface area contributed by atoms with E-state index < -0.39 is 35.2 Å². The number of ether oxygens (including phenoxy) is 1. The van der Waals surface area contributed by atoms with Crippen molar-refractivity contribution in [1.29, 1.82) is 5.26 Å². The van der Waals surface area contributed by atoms with Crippen molar-refractivity contribution in [1.82, 2.24) is 15.1 Å². The Morgan fingerprint density at radius 3 is 2.39 bits per heavy atom. The molecule has 0 radical (unpaired) electrons. The highest BCUT2D eigenvalue weighted by Crippen LogP contribution is 2.44. The zero-order chi connectivity index (χ0) is 27.1. The lowest BCUT2D eigenvalue weighted by Crippen LogP contribution is -2.36. The van der Waals surface area contributed by atoms with Crippen molar-refractivity contribution in [2.75, 3.05) is 49.0 Å². The van der Waals surface area contributed by atoms with E-state index in [2.05, 4.69) is 26.5 Å². The van der Waals surface area contributed by atoms with Gasteiger partial charge in [0.1, 0.15) is 5.82 Å². The number of hydrogen-bond acceptors (Lipinski definition) is 12. The number of nitriles is 1. The van der Waals surface area contributed by atoms with Crippen molar-refractivity contribution < 1.29 is 26.1 Å². The van der Waals surface area contributed by atoms with Crippen molar-refractivity contribution in [3.8, 4) is 17.3 Å². The smallest absolute Gasteiger partial charge is 0.261 e. The maximum atomic E-state index is 12.5. The van der Waals surface area contributed by atoms with Gasteiger partial charge >= 0.3 is 0 Å². The second-order valence-electron chi connectivity index (χ2n) is 9.48. The van der Waals surface area contributed by atoms with E-state index in [1.807, 2.05) is 23.1 Å². The Morgan fingerprint density at radius 2 is 1.79 bits per heavy atom. The van der Waals surface area contributed by atoms with Gasteiger partial charge < -0.3 is 19.5 Å². The minimum absolute atomic E-state index is 0.0229. The molecule has 0 bridgehead atoms. The summed E-state index contributed by atoms with van der Waals surface area (Å²) in [6, 6.07) is 11.4. The predicted molar refractivity (Wildman–Crippen MR) is 138 cm³/mol. The molecule has 1 N–H and O–H groups in total. The van der Waals surface area contributed by atoms with Crippen molar-refractivity contribution in [2.24, 2.45) is 0 Å². The molecule has 200 valence electrons. The van der Waals surface area contributed by atoms with Gasteiger partial charge in [0, 0.05) is 37.4 Å². The number of nitrogens with zero attached hydrogens (tertiary/aromatic N) is 5. The zero-order valence-corrected chi connectivity index (χ0v) is 22.5. The fourth-order valence-corrected chi connectivity index (χ4v) is 6.12. The molecule has 38 heavy (non-hydrogen) atoms. The molecule has 1 saturated heterocycles. The zero-order valence-electron chi connectivity index (χ0n) is 20.8. The largest absolute Gasteiger partial charge is 0.378 e. The van der Waals surface area contributed by atoms with Crippen molar-refractivity contribution >= 4 is 37.1 Å². The Hall–Kier alpha value is -3.54. The van der Waals surface area contributed by atoms with Crippen LogP contribution in [0.3, 0.4) is 0 Å². The van der Waals surface area contributed by atoms with Crippen LogP contribution in [0.1, 0.15) is 24.8 Å². The summed E-state index contributed by atoms with van der Waals surface area (Å²) < 4.78 is 60.4. The summed E-state index contributed by atoms with van der Waals surface area (Å²) in [5, 5.41) is 15.3. The third kappa shape index (κ3) is 4.96. The molecular weight excluding hydrogens is 532 g/mol. The van der Waals surface area contributed by atoms with E-state index in [0.717, 1.165) is 37.3 Å². The van der Waals surface area contributed by atoms with Crippen LogP contribution in [-0.4, -0.2) is 70.8 Å². The molecular formula is C24H26N6O6S2. The Balaban J connectivity index is 1.64. The van der Waals surface area contributed by atoms with Crippen LogP contribution in [0.15, 0.2) is 45.0 Å². The minimum atomic E-state index is -3.99. The molecule has 14 heteroatoms. The molecule has 3 heterocycles. The Kier molecular flexibility index (Phi) is 6.62. The van der Waals surface area contributed by atoms with Crippen LogP contribution < -0.4 is 10.2 Å². The number of aromatic nitrogens is 3. The van der Waals surface area contributed by atoms with Crippen molar-refractivity contribution in [3.63, 3.8) is 0 Å². The lowest BCUT2D eigenvalue weighted by molar-refractivity contribution is 0.122. The highest BCUT2D eigenvalue weighted by Gasteiger charge is 2.39. The van der Waals surface area contributed by atoms with Gasteiger partial charge in [0.05, 0.1) is 36.0 Å². The van der Waals surface area contributed by atoms with Crippen molar-refractivity contribution in [3.05, 3.63) is 35.9 Å². The molecule has 1 saturated carbocycles. The molecule has 2 fully saturated rings. The number of hydrogen-bond donors (Lipinski definition) is 1. The lowest BCUT2D eigenvalue weighted by atomic mass is 9.65. The maximum Gasteiger partial charge on any atom is 0.261 e. The second-order valence-corrected chi connectivity index (χ2v) is 13.3. The van der Waals surface area contributed by atoms with Crippen LogP contribution in [0.2, 0.25) is 0 Å². The van der Waals surface area contributed by atoms with E-state index in [9.17, 15) is 22.1 Å². The number of anilines is 3. The van der Waals surface area contributed by atoms with Gasteiger partial charge in [-0.15, -0.1) is 0 Å². The van der Waals surface area contributed by atoms with Crippen LogP contribution in [0.4, 0.5) is 17.5 Å². The quantitative estimate of drug-likeness (QED) is 0.450. The molecule has 1 aromatic carbocycles. The Labute approximate surface area is 220 Å². The van der Waals surface area contributed by atoms with E-state index in [0.29, 0.717) is 37.8 Å². The number of nitrogens with one attached hydrogen (secondary N) is 1. The lowest BCUT2D eigenvalue weighted by Gasteiger charge is -2.35. The molecule has 0 atom stereocenters. The van der Waals surface area contributed by atoms with Gasteiger partial charge in [-0.2, -0.15) is 10.2 Å². The van der Waals surface area contributed by atoms with Crippen LogP contribution in [0.25, 0.3) is 11.3 Å². The van der Waals surface area contributed by atoms with E-state index in [-0.39, 0.29) is 17.2 Å². The summed E-state index contributed by atoms with van der Waals surface area (Å²) in [7, 11) is -7.96. The van der Waals surface area contributed by atoms with Gasteiger partial charge in [0.2, 0.25) is 20.8 Å². The van der Waals surface area contributed by atoms with Gasteiger partial charge in [-0.1, -0.05) is 17.3 Å². The molecule has 12 nitrogen and oxygen atoms in total. The molecule has 1 aliphatic carbocycles. The van der Waals surface area contributed by atoms with Crippen LogP contribution in [0, 0.1) is 11.3 Å². The number of rotatable bonds is 7. The average Bonchev–Trinajstić information content (AvgIpc) is 3.31. The summed E-state index contributed by atoms with van der Waals surface area (Å²) in [4.78, 5) is 11.0. The second kappa shape index (κ2) is 9.64. The number of morpholine rings is 1. The molecule has 0 amide bonds. The molecule has 5 rings (SSSR count). The summed E-state index contributed by atoms with van der Waals surface area (Å²) in [5.41, 5.74) is 0.775. The van der Waals surface area contributed by atoms with E-state index in [1.54, 1.807) is 6.07 Å². The third-order valence-corrected chi connectivity index (χ3v) is 8.65. The SMILES string of the molecule is CS(=O)(=O)c1noc(S(C)(=O)=O)c1-c1cc(N2CCOCC2)nc(Nc2cccc(C3(C#N)CCC3)c2)n1. The fraction of sp³-hybridized carbons (Fsp3) is 0.417. The standard InChI is InChI=1S/C24H26N6O6S2/c1-37(31,32)21-20(22(36-29-21)38(2,33)34)18-14-19(30-9-11-35-12-10-30)28-23(27-18)26-17-6-3-5-16(13-17)24(15-25)7-4-8-24/h3,5-6,13-14H,4,7-12H2,1-2H3,(H,26,27,28). The van der Waals surface area contributed by atoms with Crippen LogP contribution >= 0.6 is 0 Å². The normalized spacial score (nSPS) is 17.4. The van der Waals surface area contributed by atoms with Crippen LogP contribution in [-0.2, 0) is 29.8 Å². The van der Waals surface area contributed by atoms with Crippen molar-refractivity contribution in [2.45, 2.75) is 34.8 Å². The van der Waals surface area contributed by atoms with Gasteiger partial charge in [-0.05, 0) is 37.0 Å². The molecule has 1 aliphatic heterocycles. The number of benzene rings is 1.